The van der Waals surface area contributed by atoms with Gasteiger partial charge in [0.15, 0.2) is 0 Å². The van der Waals surface area contributed by atoms with Crippen LogP contribution in [0, 0.1) is 0 Å². The summed E-state index contributed by atoms with van der Waals surface area (Å²) in [5, 5.41) is 7.03. The first-order chi connectivity index (χ1) is 9.33. The Morgan fingerprint density at radius 2 is 2.15 bits per heavy atom. The Morgan fingerprint density at radius 1 is 1.30 bits per heavy atom. The molecule has 2 heterocycles. The first-order valence-electron chi connectivity index (χ1n) is 5.86. The van der Waals surface area contributed by atoms with Crippen LogP contribution in [0.5, 0.6) is 5.88 Å². The smallest absolute Gasteiger partial charge is 0.240 e. The number of methoxy groups -OCH3 is 2. The first kappa shape index (κ1) is 16.4. The predicted octanol–water partition coefficient (Wildman–Crippen LogP) is 1.30. The monoisotopic (exact) mass is 300 g/mol. The molecule has 0 aliphatic heterocycles. The number of rotatable bonds is 7. The van der Waals surface area contributed by atoms with Crippen LogP contribution < -0.4 is 10.1 Å². The molecule has 0 unspecified atom stereocenters. The molecule has 0 radical (unpaired) electrons. The van der Waals surface area contributed by atoms with Crippen LogP contribution in [-0.2, 0) is 11.3 Å². The van der Waals surface area contributed by atoms with E-state index in [2.05, 4.69) is 20.4 Å². The molecule has 0 saturated carbocycles. The second kappa shape index (κ2) is 8.47. The second-order valence-corrected chi connectivity index (χ2v) is 3.77. The van der Waals surface area contributed by atoms with E-state index >= 15 is 0 Å². The standard InChI is InChI=1S/C12H16N4O3.ClH/c1-17-6-5-13-8-11-15-12(16-19-11)9-3-4-10(18-2)14-7-9;/h3-4,7,13H,5-6,8H2,1-2H3;1H. The van der Waals surface area contributed by atoms with Gasteiger partial charge in [0, 0.05) is 31.5 Å². The van der Waals surface area contributed by atoms with Gasteiger partial charge in [0.05, 0.1) is 20.3 Å². The molecule has 0 aliphatic carbocycles. The molecule has 110 valence electrons. The summed E-state index contributed by atoms with van der Waals surface area (Å²) >= 11 is 0. The van der Waals surface area contributed by atoms with Crippen LogP contribution >= 0.6 is 12.4 Å². The lowest BCUT2D eigenvalue weighted by Crippen LogP contribution is -2.18. The average Bonchev–Trinajstić information content (AvgIpc) is 2.92. The van der Waals surface area contributed by atoms with E-state index < -0.39 is 0 Å². The minimum atomic E-state index is 0. The van der Waals surface area contributed by atoms with Gasteiger partial charge in [-0.3, -0.25) is 0 Å². The van der Waals surface area contributed by atoms with Crippen molar-refractivity contribution in [2.24, 2.45) is 0 Å². The summed E-state index contributed by atoms with van der Waals surface area (Å²) in [6, 6.07) is 3.58. The Labute approximate surface area is 123 Å². The lowest BCUT2D eigenvalue weighted by Gasteiger charge is -1.99. The summed E-state index contributed by atoms with van der Waals surface area (Å²) in [6.07, 6.45) is 1.64. The molecular weight excluding hydrogens is 284 g/mol. The number of hydrogen-bond acceptors (Lipinski definition) is 7. The molecule has 0 aromatic carbocycles. The van der Waals surface area contributed by atoms with E-state index in [1.54, 1.807) is 26.5 Å². The third-order valence-electron chi connectivity index (χ3n) is 2.43. The van der Waals surface area contributed by atoms with Crippen molar-refractivity contribution in [3.63, 3.8) is 0 Å². The molecule has 2 aromatic heterocycles. The lowest BCUT2D eigenvalue weighted by atomic mass is 10.3. The number of halogens is 1. The lowest BCUT2D eigenvalue weighted by molar-refractivity contribution is 0.197. The maximum absolute atomic E-state index is 5.13. The van der Waals surface area contributed by atoms with E-state index in [1.165, 1.54) is 0 Å². The quantitative estimate of drug-likeness (QED) is 0.772. The number of nitrogens with one attached hydrogen (secondary N) is 1. The number of aromatic nitrogens is 3. The van der Waals surface area contributed by atoms with Crippen LogP contribution in [0.4, 0.5) is 0 Å². The normalized spacial score (nSPS) is 10.1. The molecule has 20 heavy (non-hydrogen) atoms. The van der Waals surface area contributed by atoms with Gasteiger partial charge in [-0.05, 0) is 6.07 Å². The molecule has 1 N–H and O–H groups in total. The topological polar surface area (TPSA) is 82.3 Å². The van der Waals surface area contributed by atoms with Crippen molar-refractivity contribution < 1.29 is 14.0 Å². The molecule has 0 atom stereocenters. The summed E-state index contributed by atoms with van der Waals surface area (Å²) in [6.45, 7) is 1.89. The van der Waals surface area contributed by atoms with E-state index in [0.717, 1.165) is 12.1 Å². The van der Waals surface area contributed by atoms with Crippen LogP contribution in [-0.4, -0.2) is 42.5 Å². The highest BCUT2D eigenvalue weighted by molar-refractivity contribution is 5.85. The number of pyridine rings is 1. The highest BCUT2D eigenvalue weighted by atomic mass is 35.5. The van der Waals surface area contributed by atoms with Crippen molar-refractivity contribution in [2.45, 2.75) is 6.54 Å². The summed E-state index contributed by atoms with van der Waals surface area (Å²) in [7, 11) is 3.23. The van der Waals surface area contributed by atoms with Gasteiger partial charge >= 0.3 is 0 Å². The van der Waals surface area contributed by atoms with Crippen LogP contribution in [0.2, 0.25) is 0 Å². The molecule has 0 fully saturated rings. The Morgan fingerprint density at radius 3 is 2.80 bits per heavy atom. The molecule has 2 aromatic rings. The molecule has 0 bridgehead atoms. The van der Waals surface area contributed by atoms with E-state index in [1.807, 2.05) is 6.07 Å². The number of ether oxygens (including phenoxy) is 2. The maximum Gasteiger partial charge on any atom is 0.240 e. The van der Waals surface area contributed by atoms with Crippen molar-refractivity contribution in [1.82, 2.24) is 20.4 Å². The number of nitrogens with zero attached hydrogens (tertiary/aromatic N) is 3. The minimum absolute atomic E-state index is 0. The summed E-state index contributed by atoms with van der Waals surface area (Å²) in [4.78, 5) is 8.36. The van der Waals surface area contributed by atoms with Crippen molar-refractivity contribution in [2.75, 3.05) is 27.4 Å². The van der Waals surface area contributed by atoms with E-state index in [0.29, 0.717) is 30.7 Å². The molecular formula is C12H17ClN4O3. The highest BCUT2D eigenvalue weighted by Crippen LogP contribution is 2.16. The highest BCUT2D eigenvalue weighted by Gasteiger charge is 2.08. The fraction of sp³-hybridized carbons (Fsp3) is 0.417. The largest absolute Gasteiger partial charge is 0.481 e. The van der Waals surface area contributed by atoms with Gasteiger partial charge in [0.1, 0.15) is 0 Å². The fourth-order valence-corrected chi connectivity index (χ4v) is 1.45. The zero-order valence-electron chi connectivity index (χ0n) is 11.3. The maximum atomic E-state index is 5.13. The zero-order chi connectivity index (χ0) is 13.5. The van der Waals surface area contributed by atoms with E-state index in [-0.39, 0.29) is 12.4 Å². The Bertz CT molecular complexity index is 504. The van der Waals surface area contributed by atoms with Crippen LogP contribution in [0.15, 0.2) is 22.9 Å². The van der Waals surface area contributed by atoms with Gasteiger partial charge in [0.2, 0.25) is 17.6 Å². The molecule has 0 aliphatic rings. The Hall–Kier alpha value is -1.70. The van der Waals surface area contributed by atoms with E-state index in [4.69, 9.17) is 14.0 Å². The molecule has 2 rings (SSSR count). The SMILES string of the molecule is COCCNCc1nc(-c2ccc(OC)nc2)no1.Cl. The van der Waals surface area contributed by atoms with Crippen molar-refractivity contribution in [3.05, 3.63) is 24.2 Å². The van der Waals surface area contributed by atoms with Gasteiger partial charge in [-0.1, -0.05) is 5.16 Å². The summed E-state index contributed by atoms with van der Waals surface area (Å²) < 4.78 is 15.0. The molecule has 0 spiro atoms. The average molecular weight is 301 g/mol. The van der Waals surface area contributed by atoms with Gasteiger partial charge in [0.25, 0.3) is 0 Å². The molecule has 0 amide bonds. The van der Waals surface area contributed by atoms with Crippen LogP contribution in [0.3, 0.4) is 0 Å². The Kier molecular flexibility index (Phi) is 6.92. The van der Waals surface area contributed by atoms with Crippen LogP contribution in [0.1, 0.15) is 5.89 Å². The molecule has 0 saturated heterocycles. The first-order valence-corrected chi connectivity index (χ1v) is 5.86. The van der Waals surface area contributed by atoms with Gasteiger partial charge in [-0.15, -0.1) is 12.4 Å². The molecule has 7 nitrogen and oxygen atoms in total. The van der Waals surface area contributed by atoms with Crippen molar-refractivity contribution in [3.8, 4) is 17.3 Å². The second-order valence-electron chi connectivity index (χ2n) is 3.77. The third kappa shape index (κ3) is 4.44. The molecule has 8 heteroatoms. The minimum Gasteiger partial charge on any atom is -0.481 e. The Balaban J connectivity index is 0.00000200. The van der Waals surface area contributed by atoms with Crippen LogP contribution in [0.25, 0.3) is 11.4 Å². The number of hydrogen-bond donors (Lipinski definition) is 1. The zero-order valence-corrected chi connectivity index (χ0v) is 12.1. The summed E-state index contributed by atoms with van der Waals surface area (Å²) in [5.74, 6) is 1.59. The van der Waals surface area contributed by atoms with Crippen molar-refractivity contribution in [1.29, 1.82) is 0 Å². The van der Waals surface area contributed by atoms with Gasteiger partial charge in [-0.2, -0.15) is 4.98 Å². The van der Waals surface area contributed by atoms with E-state index in [9.17, 15) is 0 Å². The predicted molar refractivity (Wildman–Crippen MR) is 74.9 cm³/mol. The fourth-order valence-electron chi connectivity index (χ4n) is 1.45. The van der Waals surface area contributed by atoms with Gasteiger partial charge in [-0.25, -0.2) is 4.98 Å². The summed E-state index contributed by atoms with van der Waals surface area (Å²) in [5.41, 5.74) is 0.785. The van der Waals surface area contributed by atoms with Crippen molar-refractivity contribution >= 4 is 12.4 Å². The van der Waals surface area contributed by atoms with Gasteiger partial charge < -0.3 is 19.3 Å². The third-order valence-corrected chi connectivity index (χ3v) is 2.43.